The zero-order chi connectivity index (χ0) is 15.3. The van der Waals surface area contributed by atoms with Crippen LogP contribution in [0.5, 0.6) is 0 Å². The molecule has 0 radical (unpaired) electrons. The van der Waals surface area contributed by atoms with Gasteiger partial charge in [-0.3, -0.25) is 4.79 Å². The molecule has 8 heteroatoms. The number of rotatable bonds is 5. The SMILES string of the molecule is Cc1c(NC(=O)NC[C@H](N)C(=O)O)cccc1C(=O)O. The molecule has 8 nitrogen and oxygen atoms in total. The lowest BCUT2D eigenvalue weighted by Crippen LogP contribution is -2.43. The van der Waals surface area contributed by atoms with Crippen LogP contribution in [-0.2, 0) is 4.79 Å². The second-order valence-corrected chi connectivity index (χ2v) is 4.06. The fourth-order valence-electron chi connectivity index (χ4n) is 1.46. The van der Waals surface area contributed by atoms with E-state index in [1.165, 1.54) is 12.1 Å². The molecule has 0 aliphatic heterocycles. The highest BCUT2D eigenvalue weighted by Crippen LogP contribution is 2.18. The van der Waals surface area contributed by atoms with Gasteiger partial charge in [0.15, 0.2) is 0 Å². The maximum absolute atomic E-state index is 11.6. The fraction of sp³-hybridized carbons (Fsp3) is 0.250. The van der Waals surface area contributed by atoms with Gasteiger partial charge in [0.05, 0.1) is 5.56 Å². The number of urea groups is 1. The Morgan fingerprint density at radius 1 is 1.30 bits per heavy atom. The highest BCUT2D eigenvalue weighted by atomic mass is 16.4. The van der Waals surface area contributed by atoms with E-state index in [4.69, 9.17) is 15.9 Å². The molecule has 0 unspecified atom stereocenters. The molecule has 0 saturated carbocycles. The van der Waals surface area contributed by atoms with E-state index < -0.39 is 24.0 Å². The number of anilines is 1. The number of nitrogens with one attached hydrogen (secondary N) is 2. The molecule has 20 heavy (non-hydrogen) atoms. The highest BCUT2D eigenvalue weighted by Gasteiger charge is 2.14. The standard InChI is InChI=1S/C12H15N3O5/c1-6-7(10(16)17)3-2-4-9(6)15-12(20)14-5-8(13)11(18)19/h2-4,8H,5,13H2,1H3,(H,16,17)(H,18,19)(H2,14,15,20)/t8-/m0/s1. The van der Waals surface area contributed by atoms with Gasteiger partial charge in [0.2, 0.25) is 0 Å². The molecular formula is C12H15N3O5. The largest absolute Gasteiger partial charge is 0.480 e. The van der Waals surface area contributed by atoms with Gasteiger partial charge in [-0.25, -0.2) is 9.59 Å². The summed E-state index contributed by atoms with van der Waals surface area (Å²) in [6.45, 7) is 1.32. The smallest absolute Gasteiger partial charge is 0.336 e. The molecule has 0 aliphatic carbocycles. The van der Waals surface area contributed by atoms with Crippen molar-refractivity contribution in [1.82, 2.24) is 5.32 Å². The topological polar surface area (TPSA) is 142 Å². The summed E-state index contributed by atoms with van der Waals surface area (Å²) >= 11 is 0. The van der Waals surface area contributed by atoms with Crippen LogP contribution in [0.15, 0.2) is 18.2 Å². The molecule has 1 aromatic carbocycles. The molecule has 0 saturated heterocycles. The lowest BCUT2D eigenvalue weighted by Gasteiger charge is -2.12. The molecule has 0 aromatic heterocycles. The lowest BCUT2D eigenvalue weighted by atomic mass is 10.1. The molecule has 1 atom stereocenters. The molecule has 2 amide bonds. The van der Waals surface area contributed by atoms with Gasteiger partial charge in [-0.05, 0) is 24.6 Å². The summed E-state index contributed by atoms with van der Waals surface area (Å²) in [6.07, 6.45) is 0. The summed E-state index contributed by atoms with van der Waals surface area (Å²) in [7, 11) is 0. The van der Waals surface area contributed by atoms with E-state index in [0.717, 1.165) is 0 Å². The van der Waals surface area contributed by atoms with Crippen LogP contribution in [-0.4, -0.2) is 40.8 Å². The zero-order valence-corrected chi connectivity index (χ0v) is 10.7. The van der Waals surface area contributed by atoms with Crippen molar-refractivity contribution in [3.63, 3.8) is 0 Å². The first-order valence-electron chi connectivity index (χ1n) is 5.69. The van der Waals surface area contributed by atoms with E-state index in [2.05, 4.69) is 10.6 Å². The molecule has 0 fully saturated rings. The van der Waals surface area contributed by atoms with Crippen molar-refractivity contribution in [2.45, 2.75) is 13.0 Å². The molecule has 1 aromatic rings. The Hall–Kier alpha value is -2.61. The number of hydrogen-bond acceptors (Lipinski definition) is 4. The Morgan fingerprint density at radius 3 is 2.50 bits per heavy atom. The minimum atomic E-state index is -1.23. The van der Waals surface area contributed by atoms with E-state index >= 15 is 0 Å². The second kappa shape index (κ2) is 6.53. The first kappa shape index (κ1) is 15.4. The molecule has 1 rings (SSSR count). The molecule has 0 aliphatic rings. The Bertz CT molecular complexity index is 544. The molecule has 0 heterocycles. The number of aliphatic carboxylic acids is 1. The van der Waals surface area contributed by atoms with Crippen LogP contribution < -0.4 is 16.4 Å². The molecule has 0 bridgehead atoms. The van der Waals surface area contributed by atoms with Gasteiger partial charge >= 0.3 is 18.0 Å². The monoisotopic (exact) mass is 281 g/mol. The maximum atomic E-state index is 11.6. The second-order valence-electron chi connectivity index (χ2n) is 4.06. The van der Waals surface area contributed by atoms with Crippen molar-refractivity contribution in [3.05, 3.63) is 29.3 Å². The third kappa shape index (κ3) is 3.95. The zero-order valence-electron chi connectivity index (χ0n) is 10.7. The van der Waals surface area contributed by atoms with Gasteiger partial charge in [-0.1, -0.05) is 6.07 Å². The van der Waals surface area contributed by atoms with Crippen molar-refractivity contribution in [3.8, 4) is 0 Å². The summed E-state index contributed by atoms with van der Waals surface area (Å²) in [5.41, 5.74) is 6.03. The third-order valence-corrected chi connectivity index (χ3v) is 2.61. The van der Waals surface area contributed by atoms with E-state index in [1.807, 2.05) is 0 Å². The quantitative estimate of drug-likeness (QED) is 0.523. The minimum Gasteiger partial charge on any atom is -0.480 e. The summed E-state index contributed by atoms with van der Waals surface area (Å²) in [6, 6.07) is 2.59. The first-order valence-corrected chi connectivity index (χ1v) is 5.69. The number of hydrogen-bond donors (Lipinski definition) is 5. The highest BCUT2D eigenvalue weighted by molar-refractivity contribution is 5.95. The van der Waals surface area contributed by atoms with E-state index in [9.17, 15) is 14.4 Å². The number of benzene rings is 1. The van der Waals surface area contributed by atoms with E-state index in [-0.39, 0.29) is 12.1 Å². The number of carboxylic acid groups (broad SMARTS) is 2. The van der Waals surface area contributed by atoms with Gasteiger partial charge in [-0.2, -0.15) is 0 Å². The van der Waals surface area contributed by atoms with Gasteiger partial charge < -0.3 is 26.6 Å². The van der Waals surface area contributed by atoms with E-state index in [0.29, 0.717) is 11.3 Å². The van der Waals surface area contributed by atoms with Crippen LogP contribution in [0, 0.1) is 6.92 Å². The number of amides is 2. The van der Waals surface area contributed by atoms with Gasteiger partial charge in [-0.15, -0.1) is 0 Å². The Morgan fingerprint density at radius 2 is 1.95 bits per heavy atom. The van der Waals surface area contributed by atoms with Gasteiger partial charge in [0.25, 0.3) is 0 Å². The number of carbonyl (C=O) groups is 3. The Balaban J connectivity index is 2.69. The number of nitrogens with two attached hydrogens (primary N) is 1. The van der Waals surface area contributed by atoms with Crippen molar-refractivity contribution < 1.29 is 24.6 Å². The lowest BCUT2D eigenvalue weighted by molar-refractivity contribution is -0.138. The summed E-state index contributed by atoms with van der Waals surface area (Å²) in [5, 5.41) is 22.2. The van der Waals surface area contributed by atoms with Gasteiger partial charge in [0.1, 0.15) is 6.04 Å². The third-order valence-electron chi connectivity index (χ3n) is 2.61. The first-order chi connectivity index (χ1) is 9.32. The van der Waals surface area contributed by atoms with Crippen LogP contribution in [0.25, 0.3) is 0 Å². The molecular weight excluding hydrogens is 266 g/mol. The normalized spacial score (nSPS) is 11.5. The molecule has 0 spiro atoms. The summed E-state index contributed by atoms with van der Waals surface area (Å²) < 4.78 is 0. The summed E-state index contributed by atoms with van der Waals surface area (Å²) in [4.78, 5) is 33.0. The van der Waals surface area contributed by atoms with Crippen LogP contribution >= 0.6 is 0 Å². The molecule has 108 valence electrons. The predicted octanol–water partition coefficient (Wildman–Crippen LogP) is 0.227. The number of carbonyl (C=O) groups excluding carboxylic acids is 1. The Labute approximate surface area is 114 Å². The van der Waals surface area contributed by atoms with Crippen LogP contribution in [0.2, 0.25) is 0 Å². The summed E-state index contributed by atoms with van der Waals surface area (Å²) in [5.74, 6) is -2.33. The van der Waals surface area contributed by atoms with Crippen molar-refractivity contribution in [2.24, 2.45) is 5.73 Å². The maximum Gasteiger partial charge on any atom is 0.336 e. The average molecular weight is 281 g/mol. The van der Waals surface area contributed by atoms with Crippen LogP contribution in [0.4, 0.5) is 10.5 Å². The average Bonchev–Trinajstić information content (AvgIpc) is 2.37. The number of carboxylic acids is 2. The molecule has 6 N–H and O–H groups in total. The number of aromatic carboxylic acids is 1. The van der Waals surface area contributed by atoms with Crippen LogP contribution in [0.1, 0.15) is 15.9 Å². The van der Waals surface area contributed by atoms with Crippen LogP contribution in [0.3, 0.4) is 0 Å². The van der Waals surface area contributed by atoms with Crippen molar-refractivity contribution >= 4 is 23.7 Å². The Kier molecular flexibility index (Phi) is 5.04. The van der Waals surface area contributed by atoms with Gasteiger partial charge in [0, 0.05) is 12.2 Å². The van der Waals surface area contributed by atoms with Crippen molar-refractivity contribution in [2.75, 3.05) is 11.9 Å². The fourth-order valence-corrected chi connectivity index (χ4v) is 1.46. The minimum absolute atomic E-state index is 0.0741. The van der Waals surface area contributed by atoms with E-state index in [1.54, 1.807) is 13.0 Å². The predicted molar refractivity (Wildman–Crippen MR) is 70.8 cm³/mol. The van der Waals surface area contributed by atoms with Crippen molar-refractivity contribution in [1.29, 1.82) is 0 Å².